The van der Waals surface area contributed by atoms with Gasteiger partial charge in [0.1, 0.15) is 0 Å². The van der Waals surface area contributed by atoms with Crippen molar-refractivity contribution in [2.24, 2.45) is 7.05 Å². The zero-order valence-electron chi connectivity index (χ0n) is 8.31. The van der Waals surface area contributed by atoms with Crippen LogP contribution in [0.3, 0.4) is 0 Å². The number of alkyl halides is 2. The number of nitrogens with zero attached hydrogens (tertiary/aromatic N) is 2. The monoisotopic (exact) mass is 262 g/mol. The number of nitro groups is 1. The number of aryl methyl sites for hydroxylation is 1. The van der Waals surface area contributed by atoms with E-state index < -0.39 is 15.0 Å². The molecule has 0 amide bonds. The molecule has 0 bridgehead atoms. The van der Waals surface area contributed by atoms with Crippen molar-refractivity contribution in [2.45, 2.75) is 4.33 Å². The number of aromatic nitrogens is 1. The van der Waals surface area contributed by atoms with Crippen LogP contribution >= 0.6 is 23.2 Å². The van der Waals surface area contributed by atoms with Gasteiger partial charge in [0.05, 0.1) is 16.8 Å². The fraction of sp³-hybridized carbons (Fsp3) is 0.222. The first-order valence-corrected chi connectivity index (χ1v) is 4.92. The van der Waals surface area contributed by atoms with E-state index >= 15 is 0 Å². The van der Waals surface area contributed by atoms with Crippen LogP contribution in [-0.2, 0) is 7.05 Å². The molecule has 1 heterocycles. The fourth-order valence-electron chi connectivity index (χ4n) is 1.14. The topological polar surface area (TPSA) is 65.1 Å². The molecule has 0 aliphatic carbocycles. The van der Waals surface area contributed by atoms with Crippen molar-refractivity contribution in [3.05, 3.63) is 40.7 Å². The van der Waals surface area contributed by atoms with E-state index in [-0.39, 0.29) is 11.4 Å². The second-order valence-corrected chi connectivity index (χ2v) is 4.49. The van der Waals surface area contributed by atoms with Gasteiger partial charge in [0.15, 0.2) is 4.33 Å². The maximum Gasteiger partial charge on any atom is 0.287 e. The summed E-state index contributed by atoms with van der Waals surface area (Å²) in [6.07, 6.45) is 2.28. The van der Waals surface area contributed by atoms with E-state index in [1.165, 1.54) is 17.8 Å². The first kappa shape index (κ1) is 12.7. The molecule has 0 aliphatic rings. The minimum Gasteiger partial charge on any atom is -0.342 e. The average molecular weight is 263 g/mol. The molecule has 16 heavy (non-hydrogen) atoms. The molecule has 0 aliphatic heterocycles. The molecule has 0 radical (unpaired) electrons. The minimum atomic E-state index is -1.78. The number of hydrogen-bond acceptors (Lipinski definition) is 3. The van der Waals surface area contributed by atoms with Gasteiger partial charge in [-0.25, -0.2) is 0 Å². The second kappa shape index (κ2) is 4.27. The largest absolute Gasteiger partial charge is 0.342 e. The van der Waals surface area contributed by atoms with Gasteiger partial charge < -0.3 is 4.57 Å². The lowest BCUT2D eigenvalue weighted by Gasteiger charge is -2.12. The first-order chi connectivity index (χ1) is 7.29. The van der Waals surface area contributed by atoms with Crippen LogP contribution in [0.5, 0.6) is 0 Å². The van der Waals surface area contributed by atoms with Gasteiger partial charge >= 0.3 is 0 Å². The molecule has 0 unspecified atom stereocenters. The number of ketones is 1. The van der Waals surface area contributed by atoms with Crippen molar-refractivity contribution < 1.29 is 9.72 Å². The summed E-state index contributed by atoms with van der Waals surface area (Å²) < 4.78 is -0.483. The lowest BCUT2D eigenvalue weighted by molar-refractivity contribution is -0.384. The molecule has 5 nitrogen and oxygen atoms in total. The number of hydrogen-bond donors (Lipinski definition) is 0. The van der Waals surface area contributed by atoms with Crippen molar-refractivity contribution in [3.63, 3.8) is 0 Å². The molecule has 0 N–H and O–H groups in total. The summed E-state index contributed by atoms with van der Waals surface area (Å²) in [5, 5.41) is 10.5. The van der Waals surface area contributed by atoms with Crippen molar-refractivity contribution in [3.8, 4) is 0 Å². The Balaban J connectivity index is 3.19. The molecule has 0 aromatic carbocycles. The Labute approximate surface area is 101 Å². The van der Waals surface area contributed by atoms with Gasteiger partial charge in [0.2, 0.25) is 5.78 Å². The number of rotatable bonds is 4. The molecule has 0 spiro atoms. The molecule has 1 rings (SSSR count). The molecular formula is C9H8Cl2N2O3. The maximum atomic E-state index is 11.8. The van der Waals surface area contributed by atoms with Crippen LogP contribution in [0.15, 0.2) is 24.9 Å². The first-order valence-electron chi connectivity index (χ1n) is 4.16. The third kappa shape index (κ3) is 2.25. The van der Waals surface area contributed by atoms with Crippen molar-refractivity contribution >= 4 is 34.7 Å². The number of carbonyl (C=O) groups excluding carboxylic acids is 1. The summed E-state index contributed by atoms with van der Waals surface area (Å²) in [4.78, 5) is 21.7. The Morgan fingerprint density at radius 2 is 2.25 bits per heavy atom. The summed E-state index contributed by atoms with van der Waals surface area (Å²) in [6.45, 7) is 3.32. The quantitative estimate of drug-likeness (QED) is 0.275. The zero-order chi connectivity index (χ0) is 12.5. The Morgan fingerprint density at radius 1 is 1.69 bits per heavy atom. The number of Topliss-reactive ketones (excluding diaryl/α,β-unsaturated/α-hetero) is 1. The molecule has 86 valence electrons. The number of halogens is 2. The standard InChI is InChI=1S/C9H8Cl2N2O3/c1-3-9(10,11)8(14)7-4-6(13(15)16)5-12(7)2/h3-5H,1H2,2H3. The Bertz CT molecular complexity index is 465. The predicted molar refractivity (Wildman–Crippen MR) is 61.0 cm³/mol. The molecule has 0 atom stereocenters. The smallest absolute Gasteiger partial charge is 0.287 e. The van der Waals surface area contributed by atoms with Gasteiger partial charge in [-0.3, -0.25) is 14.9 Å². The van der Waals surface area contributed by atoms with Crippen LogP contribution in [0, 0.1) is 10.1 Å². The molecule has 0 saturated heterocycles. The maximum absolute atomic E-state index is 11.8. The van der Waals surface area contributed by atoms with E-state index in [1.807, 2.05) is 0 Å². The summed E-state index contributed by atoms with van der Waals surface area (Å²) in [5.74, 6) is -0.651. The Morgan fingerprint density at radius 3 is 2.62 bits per heavy atom. The molecule has 1 aromatic rings. The highest BCUT2D eigenvalue weighted by molar-refractivity contribution is 6.61. The Kier molecular flexibility index (Phi) is 3.40. The van der Waals surface area contributed by atoms with E-state index in [0.717, 1.165) is 12.1 Å². The lowest BCUT2D eigenvalue weighted by atomic mass is 10.2. The van der Waals surface area contributed by atoms with Crippen LogP contribution in [0.4, 0.5) is 5.69 Å². The van der Waals surface area contributed by atoms with Crippen LogP contribution in [-0.4, -0.2) is 19.6 Å². The molecule has 0 fully saturated rings. The van der Waals surface area contributed by atoms with Gasteiger partial charge in [-0.15, -0.1) is 0 Å². The molecular weight excluding hydrogens is 255 g/mol. The Hall–Kier alpha value is -1.33. The third-order valence-corrected chi connectivity index (χ3v) is 2.64. The van der Waals surface area contributed by atoms with Crippen molar-refractivity contribution in [2.75, 3.05) is 0 Å². The van der Waals surface area contributed by atoms with Gasteiger partial charge in [0, 0.05) is 13.1 Å². The zero-order valence-corrected chi connectivity index (χ0v) is 9.83. The van der Waals surface area contributed by atoms with E-state index in [4.69, 9.17) is 23.2 Å². The predicted octanol–water partition coefficient (Wildman–Crippen LogP) is 2.48. The average Bonchev–Trinajstić information content (AvgIpc) is 2.59. The number of allylic oxidation sites excluding steroid dienone is 1. The van der Waals surface area contributed by atoms with E-state index in [2.05, 4.69) is 6.58 Å². The second-order valence-electron chi connectivity index (χ2n) is 3.11. The van der Waals surface area contributed by atoms with Crippen LogP contribution in [0.1, 0.15) is 10.5 Å². The van der Waals surface area contributed by atoms with Gasteiger partial charge in [-0.05, 0) is 6.08 Å². The summed E-state index contributed by atoms with van der Waals surface area (Å²) in [6, 6.07) is 1.12. The van der Waals surface area contributed by atoms with Gasteiger partial charge in [-0.2, -0.15) is 0 Å². The van der Waals surface area contributed by atoms with Crippen LogP contribution in [0.25, 0.3) is 0 Å². The highest BCUT2D eigenvalue weighted by atomic mass is 35.5. The third-order valence-electron chi connectivity index (χ3n) is 1.99. The van der Waals surface area contributed by atoms with Crippen molar-refractivity contribution in [1.82, 2.24) is 4.57 Å². The normalized spacial score (nSPS) is 11.2. The van der Waals surface area contributed by atoms with Crippen LogP contribution in [0.2, 0.25) is 0 Å². The highest BCUT2D eigenvalue weighted by Crippen LogP contribution is 2.29. The highest BCUT2D eigenvalue weighted by Gasteiger charge is 2.33. The lowest BCUT2D eigenvalue weighted by Crippen LogP contribution is -2.25. The molecule has 7 heteroatoms. The summed E-state index contributed by atoms with van der Waals surface area (Å²) >= 11 is 11.4. The minimum absolute atomic E-state index is 0.0524. The summed E-state index contributed by atoms with van der Waals surface area (Å²) in [7, 11) is 1.49. The summed E-state index contributed by atoms with van der Waals surface area (Å²) in [5.41, 5.74) is -0.143. The number of carbonyl (C=O) groups is 1. The molecule has 1 aromatic heterocycles. The van der Waals surface area contributed by atoms with E-state index in [9.17, 15) is 14.9 Å². The fourth-order valence-corrected chi connectivity index (χ4v) is 1.33. The SMILES string of the molecule is C=CC(Cl)(Cl)C(=O)c1cc([N+](=O)[O-])cn1C. The van der Waals surface area contributed by atoms with Gasteiger partial charge in [0.25, 0.3) is 5.69 Å². The van der Waals surface area contributed by atoms with Crippen molar-refractivity contribution in [1.29, 1.82) is 0 Å². The van der Waals surface area contributed by atoms with E-state index in [0.29, 0.717) is 0 Å². The molecule has 0 saturated carbocycles. The van der Waals surface area contributed by atoms with E-state index in [1.54, 1.807) is 0 Å². The van der Waals surface area contributed by atoms with Crippen LogP contribution < -0.4 is 0 Å². The van der Waals surface area contributed by atoms with Gasteiger partial charge in [-0.1, -0.05) is 29.8 Å².